The Labute approximate surface area is 160 Å². The summed E-state index contributed by atoms with van der Waals surface area (Å²) in [5.41, 5.74) is 1.81. The van der Waals surface area contributed by atoms with Gasteiger partial charge in [0.15, 0.2) is 23.0 Å². The largest absolute Gasteiger partial charge is 0.504 e. The fraction of sp³-hybridized carbons (Fsp3) is 0.591. The summed E-state index contributed by atoms with van der Waals surface area (Å²) < 4.78 is 10.8. The molecule has 5 rings (SSSR count). The second-order valence-electron chi connectivity index (χ2n) is 8.78. The van der Waals surface area contributed by atoms with Gasteiger partial charge in [-0.2, -0.15) is 0 Å². The number of likely N-dealkylation sites (tertiary alicyclic amines) is 1. The van der Waals surface area contributed by atoms with Crippen LogP contribution in [0.5, 0.6) is 11.5 Å². The molecule has 4 aliphatic rings. The third-order valence-corrected chi connectivity index (χ3v) is 7.42. The van der Waals surface area contributed by atoms with E-state index >= 15 is 0 Å². The van der Waals surface area contributed by atoms with Crippen molar-refractivity contribution in [2.75, 3.05) is 27.3 Å². The molecule has 0 amide bonds. The molecule has 2 unspecified atom stereocenters. The number of carbonyl (C=O) groups is 1. The molecule has 1 saturated heterocycles. The van der Waals surface area contributed by atoms with Gasteiger partial charge >= 0.3 is 0 Å². The molecule has 4 atom stereocenters. The number of allylic oxidation sites excluding steroid dienone is 1. The minimum Gasteiger partial charge on any atom is -0.504 e. The number of ketones is 1. The summed E-state index contributed by atoms with van der Waals surface area (Å²) in [5, 5.41) is 11.0. The van der Waals surface area contributed by atoms with Gasteiger partial charge in [0.1, 0.15) is 0 Å². The second kappa shape index (κ2) is 5.99. The Balaban J connectivity index is 1.67. The van der Waals surface area contributed by atoms with Crippen LogP contribution in [0.2, 0.25) is 0 Å². The van der Waals surface area contributed by atoms with Crippen LogP contribution in [0.1, 0.15) is 36.8 Å². The van der Waals surface area contributed by atoms with Gasteiger partial charge in [-0.05, 0) is 30.5 Å². The Morgan fingerprint density at radius 2 is 2.07 bits per heavy atom. The fourth-order valence-electron chi connectivity index (χ4n) is 6.01. The summed E-state index contributed by atoms with van der Waals surface area (Å²) in [5.74, 6) is 2.37. The van der Waals surface area contributed by atoms with Gasteiger partial charge in [0.25, 0.3) is 0 Å². The molecule has 0 aromatic heterocycles. The highest BCUT2D eigenvalue weighted by Crippen LogP contribution is 2.55. The van der Waals surface area contributed by atoms with Crippen molar-refractivity contribution >= 4 is 5.78 Å². The number of nitrogens with one attached hydrogen (secondary N) is 1. The summed E-state index contributed by atoms with van der Waals surface area (Å²) in [7, 11) is 3.17. The lowest BCUT2D eigenvalue weighted by molar-refractivity contribution is -0.938. The van der Waals surface area contributed by atoms with Crippen LogP contribution in [-0.4, -0.2) is 44.2 Å². The SMILES string of the molecule is COC1=CC2[C@@H]3Cc4ccc(OC)c(O)c4[C@]2(CC[NH+]3CC2CC2)CC1=O. The van der Waals surface area contributed by atoms with E-state index in [2.05, 4.69) is 12.1 Å². The highest BCUT2D eigenvalue weighted by molar-refractivity contribution is 5.96. The van der Waals surface area contributed by atoms with Crippen LogP contribution in [-0.2, 0) is 21.4 Å². The lowest BCUT2D eigenvalue weighted by Crippen LogP contribution is -3.19. The summed E-state index contributed by atoms with van der Waals surface area (Å²) in [6.07, 6.45) is 7.06. The quantitative estimate of drug-likeness (QED) is 0.841. The predicted octanol–water partition coefficient (Wildman–Crippen LogP) is 1.38. The molecule has 144 valence electrons. The summed E-state index contributed by atoms with van der Waals surface area (Å²) >= 11 is 0. The zero-order valence-corrected chi connectivity index (χ0v) is 16.1. The highest BCUT2D eigenvalue weighted by Gasteiger charge is 2.59. The maximum Gasteiger partial charge on any atom is 0.197 e. The van der Waals surface area contributed by atoms with Crippen molar-refractivity contribution in [2.24, 2.45) is 11.8 Å². The molecule has 2 fully saturated rings. The van der Waals surface area contributed by atoms with Crippen molar-refractivity contribution in [3.8, 4) is 11.5 Å². The van der Waals surface area contributed by atoms with Gasteiger partial charge in [0.05, 0.1) is 33.4 Å². The first-order valence-electron chi connectivity index (χ1n) is 10.1. The number of hydrogen-bond acceptors (Lipinski definition) is 4. The van der Waals surface area contributed by atoms with E-state index in [9.17, 15) is 9.90 Å². The van der Waals surface area contributed by atoms with Gasteiger partial charge in [-0.25, -0.2) is 0 Å². The lowest BCUT2D eigenvalue weighted by Gasteiger charge is -2.55. The maximum absolute atomic E-state index is 12.8. The lowest BCUT2D eigenvalue weighted by atomic mass is 9.53. The molecule has 2 bridgehead atoms. The van der Waals surface area contributed by atoms with Crippen LogP contribution < -0.4 is 9.64 Å². The summed E-state index contributed by atoms with van der Waals surface area (Å²) in [4.78, 5) is 14.5. The van der Waals surface area contributed by atoms with E-state index in [1.807, 2.05) is 6.07 Å². The molecule has 1 aromatic carbocycles. The van der Waals surface area contributed by atoms with E-state index in [0.29, 0.717) is 24.0 Å². The average Bonchev–Trinajstić information content (AvgIpc) is 3.47. The van der Waals surface area contributed by atoms with Gasteiger partial charge in [0, 0.05) is 42.1 Å². The first-order chi connectivity index (χ1) is 13.1. The van der Waals surface area contributed by atoms with E-state index in [1.165, 1.54) is 24.9 Å². The first-order valence-corrected chi connectivity index (χ1v) is 10.1. The van der Waals surface area contributed by atoms with Crippen molar-refractivity contribution in [3.05, 3.63) is 35.1 Å². The van der Waals surface area contributed by atoms with Crippen molar-refractivity contribution in [3.63, 3.8) is 0 Å². The van der Waals surface area contributed by atoms with E-state index in [0.717, 1.165) is 30.9 Å². The Kier molecular flexibility index (Phi) is 3.80. The van der Waals surface area contributed by atoms with Crippen molar-refractivity contribution in [1.82, 2.24) is 0 Å². The number of benzene rings is 1. The number of piperidine rings is 1. The number of hydrogen-bond donors (Lipinski definition) is 2. The van der Waals surface area contributed by atoms with Gasteiger partial charge in [-0.15, -0.1) is 0 Å². The summed E-state index contributed by atoms with van der Waals surface area (Å²) in [6.45, 7) is 2.30. The van der Waals surface area contributed by atoms with E-state index in [1.54, 1.807) is 19.1 Å². The number of quaternary nitrogens is 1. The highest BCUT2D eigenvalue weighted by atomic mass is 16.5. The molecule has 0 spiro atoms. The molecular weight excluding hydrogens is 342 g/mol. The zero-order chi connectivity index (χ0) is 18.8. The average molecular weight is 370 g/mol. The summed E-state index contributed by atoms with van der Waals surface area (Å²) in [6, 6.07) is 4.40. The van der Waals surface area contributed by atoms with Crippen molar-refractivity contribution in [2.45, 2.75) is 43.6 Å². The monoisotopic (exact) mass is 370 g/mol. The van der Waals surface area contributed by atoms with Crippen LogP contribution >= 0.6 is 0 Å². The zero-order valence-electron chi connectivity index (χ0n) is 16.1. The number of Topliss-reactive ketones (excluding diaryl/α,β-unsaturated/α-hetero) is 1. The Hall–Kier alpha value is -2.01. The van der Waals surface area contributed by atoms with Gasteiger partial charge in [0.2, 0.25) is 0 Å². The van der Waals surface area contributed by atoms with Gasteiger partial charge in [-0.1, -0.05) is 6.07 Å². The normalized spacial score (nSPS) is 34.4. The molecule has 27 heavy (non-hydrogen) atoms. The van der Waals surface area contributed by atoms with Crippen LogP contribution in [0.25, 0.3) is 0 Å². The number of carbonyl (C=O) groups excluding carboxylic acids is 1. The molecule has 2 N–H and O–H groups in total. The fourth-order valence-corrected chi connectivity index (χ4v) is 6.01. The topological polar surface area (TPSA) is 60.2 Å². The third kappa shape index (κ3) is 2.44. The maximum atomic E-state index is 12.8. The van der Waals surface area contributed by atoms with E-state index < -0.39 is 0 Å². The second-order valence-corrected chi connectivity index (χ2v) is 8.78. The molecule has 1 aliphatic heterocycles. The van der Waals surface area contributed by atoms with Crippen LogP contribution in [0.15, 0.2) is 24.0 Å². The molecule has 0 radical (unpaired) electrons. The van der Waals surface area contributed by atoms with Crippen molar-refractivity contribution < 1.29 is 24.3 Å². The minimum atomic E-state index is -0.330. The molecule has 1 saturated carbocycles. The number of aromatic hydroxyl groups is 1. The molecular formula is C22H28NO4+. The number of rotatable bonds is 4. The minimum absolute atomic E-state index is 0.0493. The standard InChI is InChI=1S/C22H27NO4/c1-26-18-6-5-14-9-16-15-10-19(27-2)17(24)11-22(15,20(14)21(18)25)7-8-23(16)12-13-3-4-13/h5-6,10,13,15-16,25H,3-4,7-9,11-12H2,1-2H3/p+1/t15?,16-,22+/m0/s1. The van der Waals surface area contributed by atoms with Gasteiger partial charge < -0.3 is 19.5 Å². The number of phenolic OH excluding ortho intramolecular Hbond substituents is 1. The van der Waals surface area contributed by atoms with Crippen LogP contribution in [0.3, 0.4) is 0 Å². The van der Waals surface area contributed by atoms with E-state index in [4.69, 9.17) is 9.47 Å². The van der Waals surface area contributed by atoms with Crippen LogP contribution in [0, 0.1) is 11.8 Å². The van der Waals surface area contributed by atoms with Crippen molar-refractivity contribution in [1.29, 1.82) is 0 Å². The van der Waals surface area contributed by atoms with Crippen LogP contribution in [0.4, 0.5) is 0 Å². The van der Waals surface area contributed by atoms with Gasteiger partial charge in [-0.3, -0.25) is 4.79 Å². The third-order valence-electron chi connectivity index (χ3n) is 7.42. The predicted molar refractivity (Wildman–Crippen MR) is 100 cm³/mol. The smallest absolute Gasteiger partial charge is 0.197 e. The Morgan fingerprint density at radius 3 is 2.78 bits per heavy atom. The molecule has 5 nitrogen and oxygen atoms in total. The number of phenols is 1. The first kappa shape index (κ1) is 17.1. The number of methoxy groups -OCH3 is 2. The molecule has 1 aromatic rings. The molecule has 5 heteroatoms. The number of ether oxygens (including phenoxy) is 2. The Morgan fingerprint density at radius 1 is 1.26 bits per heavy atom. The molecule has 1 heterocycles. The number of fused-ring (bicyclic) bond motifs is 1. The van der Waals surface area contributed by atoms with E-state index in [-0.39, 0.29) is 22.9 Å². The Bertz CT molecular complexity index is 828. The molecule has 3 aliphatic carbocycles.